The molecule has 2 aromatic rings. The highest BCUT2D eigenvalue weighted by atomic mass is 16.6. The zero-order valence-electron chi connectivity index (χ0n) is 15.4. The molecule has 0 saturated carbocycles. The van der Waals surface area contributed by atoms with E-state index in [9.17, 15) is 4.79 Å². The Bertz CT molecular complexity index is 919. The van der Waals surface area contributed by atoms with Crippen LogP contribution in [0, 0.1) is 0 Å². The van der Waals surface area contributed by atoms with E-state index < -0.39 is 0 Å². The van der Waals surface area contributed by atoms with Crippen LogP contribution in [0.25, 0.3) is 0 Å². The minimum absolute atomic E-state index is 0.00615. The third-order valence-corrected chi connectivity index (χ3v) is 4.80. The lowest BCUT2D eigenvalue weighted by Gasteiger charge is -2.20. The number of hydrogen-bond donors (Lipinski definition) is 0. The lowest BCUT2D eigenvalue weighted by atomic mass is 9.92. The first-order valence-electron chi connectivity index (χ1n) is 8.91. The van der Waals surface area contributed by atoms with E-state index >= 15 is 0 Å². The molecule has 140 valence electrons. The van der Waals surface area contributed by atoms with Gasteiger partial charge in [0.05, 0.1) is 26.4 Å². The molecule has 0 unspecified atom stereocenters. The van der Waals surface area contributed by atoms with Crippen molar-refractivity contribution < 1.29 is 23.7 Å². The molecule has 0 atom stereocenters. The summed E-state index contributed by atoms with van der Waals surface area (Å²) in [5.41, 5.74) is 3.43. The number of benzene rings is 2. The second kappa shape index (κ2) is 7.31. The van der Waals surface area contributed by atoms with Crippen LogP contribution in [-0.2, 0) is 6.42 Å². The lowest BCUT2D eigenvalue weighted by molar-refractivity contribution is 0.0999. The largest absolute Gasteiger partial charge is 0.493 e. The van der Waals surface area contributed by atoms with E-state index in [4.69, 9.17) is 18.9 Å². The number of aliphatic imine (C=N–C) groups is 1. The van der Waals surface area contributed by atoms with E-state index in [-0.39, 0.29) is 12.2 Å². The maximum atomic E-state index is 12.9. The average molecular weight is 367 g/mol. The summed E-state index contributed by atoms with van der Waals surface area (Å²) in [5, 5.41) is 0. The van der Waals surface area contributed by atoms with E-state index in [0.717, 1.165) is 23.3 Å². The first-order chi connectivity index (χ1) is 13.2. The fraction of sp³-hybridized carbons (Fsp3) is 0.333. The number of carbonyl (C=O) groups excluding carboxylic acids is 1. The number of ketones is 1. The Morgan fingerprint density at radius 2 is 1.78 bits per heavy atom. The smallest absolute Gasteiger partial charge is 0.168 e. The van der Waals surface area contributed by atoms with Crippen LogP contribution in [0.3, 0.4) is 0 Å². The highest BCUT2D eigenvalue weighted by Gasteiger charge is 2.22. The van der Waals surface area contributed by atoms with E-state index in [1.807, 2.05) is 12.1 Å². The van der Waals surface area contributed by atoms with Gasteiger partial charge < -0.3 is 18.9 Å². The topological polar surface area (TPSA) is 66.4 Å². The van der Waals surface area contributed by atoms with Crippen molar-refractivity contribution in [3.8, 4) is 23.0 Å². The summed E-state index contributed by atoms with van der Waals surface area (Å²) in [6.45, 7) is 1.68. The zero-order valence-corrected chi connectivity index (χ0v) is 15.4. The van der Waals surface area contributed by atoms with Gasteiger partial charge in [0, 0.05) is 17.7 Å². The number of nitrogens with zero attached hydrogens (tertiary/aromatic N) is 1. The Hall–Kier alpha value is -3.02. The highest BCUT2D eigenvalue weighted by Crippen LogP contribution is 2.34. The van der Waals surface area contributed by atoms with Crippen LogP contribution in [0.2, 0.25) is 0 Å². The van der Waals surface area contributed by atoms with Crippen LogP contribution in [0.15, 0.2) is 35.3 Å². The predicted molar refractivity (Wildman–Crippen MR) is 101 cm³/mol. The van der Waals surface area contributed by atoms with Gasteiger partial charge in [0.25, 0.3) is 0 Å². The van der Waals surface area contributed by atoms with Crippen molar-refractivity contribution in [2.24, 2.45) is 4.99 Å². The molecule has 2 heterocycles. The maximum Gasteiger partial charge on any atom is 0.168 e. The van der Waals surface area contributed by atoms with Crippen LogP contribution in [-0.4, -0.2) is 45.5 Å². The SMILES string of the molecule is COc1cc2c(cc1OC)C(CC(=O)c1ccc3c(c1)OCCO3)=NCC2. The van der Waals surface area contributed by atoms with Crippen molar-refractivity contribution in [2.75, 3.05) is 34.0 Å². The molecule has 0 saturated heterocycles. The summed E-state index contributed by atoms with van der Waals surface area (Å²) >= 11 is 0. The second-order valence-electron chi connectivity index (χ2n) is 6.40. The van der Waals surface area contributed by atoms with Gasteiger partial charge in [0.2, 0.25) is 0 Å². The van der Waals surface area contributed by atoms with E-state index in [2.05, 4.69) is 4.99 Å². The van der Waals surface area contributed by atoms with E-state index in [1.165, 1.54) is 0 Å². The Kier molecular flexibility index (Phi) is 4.71. The second-order valence-corrected chi connectivity index (χ2v) is 6.40. The Balaban J connectivity index is 1.60. The normalized spacial score (nSPS) is 14.8. The number of fused-ring (bicyclic) bond motifs is 2. The quantitative estimate of drug-likeness (QED) is 0.760. The molecule has 27 heavy (non-hydrogen) atoms. The van der Waals surface area contributed by atoms with Crippen LogP contribution in [0.1, 0.15) is 27.9 Å². The molecule has 0 spiro atoms. The molecule has 0 fully saturated rings. The number of Topliss-reactive ketones (excluding diaryl/α,β-unsaturated/α-hetero) is 1. The van der Waals surface area contributed by atoms with Gasteiger partial charge in [-0.25, -0.2) is 0 Å². The Morgan fingerprint density at radius 1 is 1.04 bits per heavy atom. The average Bonchev–Trinajstić information content (AvgIpc) is 2.72. The van der Waals surface area contributed by atoms with Crippen LogP contribution in [0.5, 0.6) is 23.0 Å². The summed E-state index contributed by atoms with van der Waals surface area (Å²) in [6.07, 6.45) is 1.04. The van der Waals surface area contributed by atoms with Gasteiger partial charge in [-0.1, -0.05) is 0 Å². The molecular formula is C21H21NO5. The number of hydrogen-bond acceptors (Lipinski definition) is 6. The fourth-order valence-electron chi connectivity index (χ4n) is 3.42. The summed E-state index contributed by atoms with van der Waals surface area (Å²) in [6, 6.07) is 9.18. The molecule has 0 aliphatic carbocycles. The number of ether oxygens (including phenoxy) is 4. The molecule has 6 heteroatoms. The van der Waals surface area contributed by atoms with Gasteiger partial charge in [-0.3, -0.25) is 9.79 Å². The lowest BCUT2D eigenvalue weighted by Crippen LogP contribution is -2.18. The van der Waals surface area contributed by atoms with Crippen molar-refractivity contribution in [1.29, 1.82) is 0 Å². The summed E-state index contributed by atoms with van der Waals surface area (Å²) in [7, 11) is 3.22. The number of rotatable bonds is 5. The Labute approximate surface area is 157 Å². The minimum Gasteiger partial charge on any atom is -0.493 e. The number of methoxy groups -OCH3 is 2. The van der Waals surface area contributed by atoms with Crippen molar-refractivity contribution in [1.82, 2.24) is 0 Å². The van der Waals surface area contributed by atoms with E-state index in [0.29, 0.717) is 48.3 Å². The Morgan fingerprint density at radius 3 is 2.56 bits per heavy atom. The van der Waals surface area contributed by atoms with E-state index in [1.54, 1.807) is 32.4 Å². The summed E-state index contributed by atoms with van der Waals surface area (Å²) in [5.74, 6) is 2.61. The highest BCUT2D eigenvalue weighted by molar-refractivity contribution is 6.17. The van der Waals surface area contributed by atoms with Gasteiger partial charge in [-0.05, 0) is 42.3 Å². The molecule has 0 N–H and O–H groups in total. The molecule has 0 amide bonds. The first kappa shape index (κ1) is 17.4. The van der Waals surface area contributed by atoms with Gasteiger partial charge in [0.1, 0.15) is 13.2 Å². The van der Waals surface area contributed by atoms with Crippen LogP contribution in [0.4, 0.5) is 0 Å². The molecule has 6 nitrogen and oxygen atoms in total. The molecule has 4 rings (SSSR count). The van der Waals surface area contributed by atoms with Crippen molar-refractivity contribution in [2.45, 2.75) is 12.8 Å². The first-order valence-corrected chi connectivity index (χ1v) is 8.91. The van der Waals surface area contributed by atoms with Crippen molar-refractivity contribution >= 4 is 11.5 Å². The van der Waals surface area contributed by atoms with Gasteiger partial charge in [0.15, 0.2) is 28.8 Å². The van der Waals surface area contributed by atoms with Crippen LogP contribution < -0.4 is 18.9 Å². The minimum atomic E-state index is -0.00615. The molecule has 0 radical (unpaired) electrons. The molecule has 0 bridgehead atoms. The van der Waals surface area contributed by atoms with Gasteiger partial charge >= 0.3 is 0 Å². The molecule has 2 aromatic carbocycles. The summed E-state index contributed by atoms with van der Waals surface area (Å²) < 4.78 is 21.9. The summed E-state index contributed by atoms with van der Waals surface area (Å²) in [4.78, 5) is 17.5. The standard InChI is InChI=1S/C21H21NO5/c1-24-19-9-13-5-6-22-16(15(13)11-20(19)25-2)12-17(23)14-3-4-18-21(10-14)27-8-7-26-18/h3-4,9-11H,5-8,12H2,1-2H3. The van der Waals surface area contributed by atoms with Crippen molar-refractivity contribution in [3.05, 3.63) is 47.0 Å². The van der Waals surface area contributed by atoms with Crippen LogP contribution >= 0.6 is 0 Å². The molecule has 2 aliphatic heterocycles. The molecule has 0 aromatic heterocycles. The third-order valence-electron chi connectivity index (χ3n) is 4.80. The predicted octanol–water partition coefficient (Wildman–Crippen LogP) is 3.09. The van der Waals surface area contributed by atoms with Crippen molar-refractivity contribution in [3.63, 3.8) is 0 Å². The molecule has 2 aliphatic rings. The fourth-order valence-corrected chi connectivity index (χ4v) is 3.42. The number of carbonyl (C=O) groups is 1. The zero-order chi connectivity index (χ0) is 18.8. The molecular weight excluding hydrogens is 346 g/mol. The third kappa shape index (κ3) is 3.35. The monoisotopic (exact) mass is 367 g/mol. The van der Waals surface area contributed by atoms with Gasteiger partial charge in [-0.15, -0.1) is 0 Å². The maximum absolute atomic E-state index is 12.9. The van der Waals surface area contributed by atoms with Gasteiger partial charge in [-0.2, -0.15) is 0 Å².